The van der Waals surface area contributed by atoms with E-state index in [2.05, 4.69) is 20.3 Å². The number of nitrogen functional groups attached to an aromatic ring is 1. The minimum Gasteiger partial charge on any atom is -0.397 e. The van der Waals surface area contributed by atoms with Crippen molar-refractivity contribution in [2.75, 3.05) is 11.1 Å². The molecule has 0 aliphatic rings. The maximum absolute atomic E-state index is 13.0. The molecule has 0 saturated heterocycles. The Morgan fingerprint density at radius 1 is 1.04 bits per heavy atom. The molecule has 1 aromatic carbocycles. The van der Waals surface area contributed by atoms with Crippen molar-refractivity contribution in [1.29, 1.82) is 0 Å². The first-order valence-corrected chi connectivity index (χ1v) is 8.09. The fourth-order valence-corrected chi connectivity index (χ4v) is 2.33. The van der Waals surface area contributed by atoms with Gasteiger partial charge in [0, 0.05) is 18.0 Å². The van der Waals surface area contributed by atoms with Gasteiger partial charge in [0.2, 0.25) is 5.95 Å². The fraction of sp³-hybridized carbons (Fsp3) is 0.158. The van der Waals surface area contributed by atoms with Crippen LogP contribution in [0, 0.1) is 5.95 Å². The lowest BCUT2D eigenvalue weighted by Gasteiger charge is -2.11. The van der Waals surface area contributed by atoms with E-state index in [1.165, 1.54) is 18.5 Å². The normalized spacial score (nSPS) is 10.8. The van der Waals surface area contributed by atoms with Gasteiger partial charge in [0.15, 0.2) is 0 Å². The van der Waals surface area contributed by atoms with Crippen molar-refractivity contribution < 1.29 is 9.18 Å². The number of amides is 1. The van der Waals surface area contributed by atoms with E-state index < -0.39 is 11.9 Å². The Morgan fingerprint density at radius 3 is 2.42 bits per heavy atom. The molecule has 26 heavy (non-hydrogen) atoms. The first-order chi connectivity index (χ1) is 12.4. The maximum atomic E-state index is 13.0. The zero-order valence-corrected chi connectivity index (χ0v) is 14.4. The number of aromatic nitrogens is 3. The van der Waals surface area contributed by atoms with Crippen LogP contribution in [0.4, 0.5) is 15.8 Å². The third-order valence-corrected chi connectivity index (χ3v) is 3.86. The summed E-state index contributed by atoms with van der Waals surface area (Å²) in [6.45, 7) is 4.00. The van der Waals surface area contributed by atoms with E-state index in [0.717, 1.165) is 11.3 Å². The summed E-state index contributed by atoms with van der Waals surface area (Å²) in [5, 5.41) is 2.74. The lowest BCUT2D eigenvalue weighted by atomic mass is 10.1. The maximum Gasteiger partial charge on any atom is 0.275 e. The highest BCUT2D eigenvalue weighted by Gasteiger charge is 2.12. The number of hydrogen-bond donors (Lipinski definition) is 2. The number of anilines is 2. The summed E-state index contributed by atoms with van der Waals surface area (Å²) in [5.74, 6) is -0.730. The number of carbonyl (C=O) groups is 1. The Balaban J connectivity index is 1.83. The minimum atomic E-state index is -0.554. The average Bonchev–Trinajstić information content (AvgIpc) is 2.64. The van der Waals surface area contributed by atoms with Crippen LogP contribution < -0.4 is 11.1 Å². The zero-order chi connectivity index (χ0) is 18.7. The molecule has 3 N–H and O–H groups in total. The number of nitrogens with one attached hydrogen (secondary N) is 1. The van der Waals surface area contributed by atoms with Gasteiger partial charge in [0.05, 0.1) is 23.3 Å². The van der Waals surface area contributed by atoms with Crippen molar-refractivity contribution in [2.45, 2.75) is 19.8 Å². The monoisotopic (exact) mass is 351 g/mol. The van der Waals surface area contributed by atoms with Crippen molar-refractivity contribution in [2.24, 2.45) is 0 Å². The molecule has 2 heterocycles. The SMILES string of the molecule is CC(C)c1cnc(C(=O)Nc2cc(-c3ccc(F)nc3)ccc2N)cn1. The van der Waals surface area contributed by atoms with Gasteiger partial charge in [-0.1, -0.05) is 19.9 Å². The molecule has 6 nitrogen and oxygen atoms in total. The third kappa shape index (κ3) is 3.83. The largest absolute Gasteiger partial charge is 0.397 e. The molecule has 7 heteroatoms. The highest BCUT2D eigenvalue weighted by Crippen LogP contribution is 2.27. The minimum absolute atomic E-state index is 0.197. The van der Waals surface area contributed by atoms with E-state index in [0.29, 0.717) is 16.9 Å². The molecule has 0 fully saturated rings. The molecule has 0 aliphatic carbocycles. The lowest BCUT2D eigenvalue weighted by molar-refractivity contribution is 0.102. The highest BCUT2D eigenvalue weighted by molar-refractivity contribution is 6.04. The fourth-order valence-electron chi connectivity index (χ4n) is 2.33. The number of benzene rings is 1. The molecular weight excluding hydrogens is 333 g/mol. The van der Waals surface area contributed by atoms with Crippen molar-refractivity contribution in [3.8, 4) is 11.1 Å². The number of nitrogens with zero attached hydrogens (tertiary/aromatic N) is 3. The molecule has 132 valence electrons. The summed E-state index contributed by atoms with van der Waals surface area (Å²) in [5.41, 5.74) is 9.27. The van der Waals surface area contributed by atoms with Gasteiger partial charge in [0.1, 0.15) is 5.69 Å². The van der Waals surface area contributed by atoms with Crippen LogP contribution >= 0.6 is 0 Å². The lowest BCUT2D eigenvalue weighted by Crippen LogP contribution is -2.15. The molecule has 2 aromatic heterocycles. The summed E-state index contributed by atoms with van der Waals surface area (Å²) in [6.07, 6.45) is 4.45. The summed E-state index contributed by atoms with van der Waals surface area (Å²) in [6, 6.07) is 8.03. The predicted octanol–water partition coefficient (Wildman–Crippen LogP) is 3.64. The molecule has 0 atom stereocenters. The van der Waals surface area contributed by atoms with Crippen LogP contribution in [0.5, 0.6) is 0 Å². The highest BCUT2D eigenvalue weighted by atomic mass is 19.1. The van der Waals surface area contributed by atoms with Gasteiger partial charge >= 0.3 is 0 Å². The Morgan fingerprint density at radius 2 is 1.81 bits per heavy atom. The Labute approximate surface area is 150 Å². The quantitative estimate of drug-likeness (QED) is 0.553. The predicted molar refractivity (Wildman–Crippen MR) is 98.1 cm³/mol. The van der Waals surface area contributed by atoms with Crippen molar-refractivity contribution in [3.63, 3.8) is 0 Å². The van der Waals surface area contributed by atoms with Crippen LogP contribution in [0.2, 0.25) is 0 Å². The number of rotatable bonds is 4. The van der Waals surface area contributed by atoms with Gasteiger partial charge in [-0.25, -0.2) is 9.97 Å². The summed E-state index contributed by atoms with van der Waals surface area (Å²) in [7, 11) is 0. The van der Waals surface area contributed by atoms with Crippen LogP contribution in [-0.4, -0.2) is 20.9 Å². The molecule has 0 unspecified atom stereocenters. The second-order valence-electron chi connectivity index (χ2n) is 6.11. The second kappa shape index (κ2) is 7.26. The molecule has 3 aromatic rings. The standard InChI is InChI=1S/C19H18FN5O/c1-11(2)16-9-23-17(10-22-16)19(26)25-15-7-12(3-5-14(15)21)13-4-6-18(20)24-8-13/h3-11H,21H2,1-2H3,(H,25,26). The van der Waals surface area contributed by atoms with E-state index in [4.69, 9.17) is 5.73 Å². The van der Waals surface area contributed by atoms with E-state index in [9.17, 15) is 9.18 Å². The smallest absolute Gasteiger partial charge is 0.275 e. The summed E-state index contributed by atoms with van der Waals surface area (Å²) >= 11 is 0. The molecule has 0 radical (unpaired) electrons. The molecular formula is C19H18FN5O. The van der Waals surface area contributed by atoms with Crippen LogP contribution in [-0.2, 0) is 0 Å². The van der Waals surface area contributed by atoms with Gasteiger partial charge < -0.3 is 11.1 Å². The first kappa shape index (κ1) is 17.5. The van der Waals surface area contributed by atoms with Crippen LogP contribution in [0.25, 0.3) is 11.1 Å². The summed E-state index contributed by atoms with van der Waals surface area (Å²) < 4.78 is 13.0. The van der Waals surface area contributed by atoms with Gasteiger partial charge in [0.25, 0.3) is 5.91 Å². The molecule has 3 rings (SSSR count). The van der Waals surface area contributed by atoms with Crippen LogP contribution in [0.3, 0.4) is 0 Å². The Bertz CT molecular complexity index is 924. The number of carbonyl (C=O) groups excluding carboxylic acids is 1. The van der Waals surface area contributed by atoms with Crippen LogP contribution in [0.15, 0.2) is 48.9 Å². The second-order valence-corrected chi connectivity index (χ2v) is 6.11. The topological polar surface area (TPSA) is 93.8 Å². The number of halogens is 1. The molecule has 0 saturated carbocycles. The zero-order valence-electron chi connectivity index (χ0n) is 14.4. The van der Waals surface area contributed by atoms with Gasteiger partial charge in [-0.05, 0) is 35.7 Å². The number of nitrogens with two attached hydrogens (primary N) is 1. The number of pyridine rings is 1. The van der Waals surface area contributed by atoms with E-state index in [-0.39, 0.29) is 11.6 Å². The van der Waals surface area contributed by atoms with E-state index in [1.807, 2.05) is 13.8 Å². The van der Waals surface area contributed by atoms with Gasteiger partial charge in [-0.15, -0.1) is 0 Å². The van der Waals surface area contributed by atoms with Gasteiger partial charge in [-0.2, -0.15) is 4.39 Å². The Hall–Kier alpha value is -3.35. The third-order valence-electron chi connectivity index (χ3n) is 3.86. The average molecular weight is 351 g/mol. The van der Waals surface area contributed by atoms with Crippen molar-refractivity contribution >= 4 is 17.3 Å². The molecule has 0 bridgehead atoms. The first-order valence-electron chi connectivity index (χ1n) is 8.09. The van der Waals surface area contributed by atoms with E-state index >= 15 is 0 Å². The van der Waals surface area contributed by atoms with Crippen LogP contribution in [0.1, 0.15) is 35.9 Å². The number of hydrogen-bond acceptors (Lipinski definition) is 5. The summed E-state index contributed by atoms with van der Waals surface area (Å²) in [4.78, 5) is 24.4. The van der Waals surface area contributed by atoms with Gasteiger partial charge in [-0.3, -0.25) is 9.78 Å². The molecule has 0 aliphatic heterocycles. The van der Waals surface area contributed by atoms with E-state index in [1.54, 1.807) is 30.5 Å². The van der Waals surface area contributed by atoms with Crippen molar-refractivity contribution in [3.05, 3.63) is 66.3 Å². The molecule has 1 amide bonds. The van der Waals surface area contributed by atoms with Crippen molar-refractivity contribution in [1.82, 2.24) is 15.0 Å². The molecule has 0 spiro atoms. The Kier molecular flexibility index (Phi) is 4.88.